The third kappa shape index (κ3) is 2.92. The highest BCUT2D eigenvalue weighted by Crippen LogP contribution is 2.29. The lowest BCUT2D eigenvalue weighted by molar-refractivity contribution is 1.14. The minimum Gasteiger partial charge on any atom is -0.0622 e. The van der Waals surface area contributed by atoms with Crippen molar-refractivity contribution in [1.82, 2.24) is 0 Å². The van der Waals surface area contributed by atoms with Crippen LogP contribution in [0, 0.1) is 6.92 Å². The van der Waals surface area contributed by atoms with Crippen LogP contribution >= 0.6 is 0 Å². The van der Waals surface area contributed by atoms with E-state index >= 15 is 0 Å². The molecule has 0 aromatic heterocycles. The summed E-state index contributed by atoms with van der Waals surface area (Å²) in [7, 11) is 0.338. The highest BCUT2D eigenvalue weighted by molar-refractivity contribution is 7.95. The molecule has 0 aliphatic heterocycles. The van der Waals surface area contributed by atoms with Gasteiger partial charge in [0.15, 0.2) is 5.25 Å². The Bertz CT molecular complexity index is 457. The minimum atomic E-state index is 0.338. The molecule has 0 N–H and O–H groups in total. The fourth-order valence-corrected chi connectivity index (χ4v) is 3.51. The number of benzene rings is 2. The molecule has 0 radical (unpaired) electrons. The zero-order valence-corrected chi connectivity index (χ0v) is 11.5. The van der Waals surface area contributed by atoms with Gasteiger partial charge in [-0.25, -0.2) is 0 Å². The van der Waals surface area contributed by atoms with Crippen LogP contribution in [0.5, 0.6) is 0 Å². The van der Waals surface area contributed by atoms with Gasteiger partial charge in [-0.2, -0.15) is 0 Å². The molecule has 1 atom stereocenters. The molecule has 0 saturated carbocycles. The predicted octanol–water partition coefficient (Wildman–Crippen LogP) is 3.96. The molecule has 2 aromatic rings. The van der Waals surface area contributed by atoms with E-state index in [2.05, 4.69) is 74.0 Å². The van der Waals surface area contributed by atoms with Crippen LogP contribution in [-0.2, 0) is 10.9 Å². The van der Waals surface area contributed by atoms with Gasteiger partial charge in [0.25, 0.3) is 0 Å². The third-order valence-corrected chi connectivity index (χ3v) is 4.44. The molecule has 0 heterocycles. The predicted molar refractivity (Wildman–Crippen MR) is 78.7 cm³/mol. The van der Waals surface area contributed by atoms with E-state index in [0.29, 0.717) is 16.1 Å². The fourth-order valence-electron chi connectivity index (χ4n) is 2.11. The van der Waals surface area contributed by atoms with Gasteiger partial charge in [0, 0.05) is 11.1 Å². The zero-order chi connectivity index (χ0) is 12.3. The Morgan fingerprint density at radius 2 is 1.29 bits per heavy atom. The summed E-state index contributed by atoms with van der Waals surface area (Å²) in [4.78, 5) is 0. The lowest BCUT2D eigenvalue weighted by atomic mass is 10.0. The van der Waals surface area contributed by atoms with Crippen molar-refractivity contribution in [3.8, 4) is 0 Å². The second-order valence-corrected chi connectivity index (χ2v) is 6.81. The van der Waals surface area contributed by atoms with Crippen LogP contribution in [0.4, 0.5) is 0 Å². The Hall–Kier alpha value is -1.21. The Morgan fingerprint density at radius 3 is 1.82 bits per heavy atom. The van der Waals surface area contributed by atoms with Gasteiger partial charge < -0.3 is 0 Å². The van der Waals surface area contributed by atoms with Gasteiger partial charge in [0.2, 0.25) is 0 Å². The van der Waals surface area contributed by atoms with Gasteiger partial charge in [-0.1, -0.05) is 60.2 Å². The van der Waals surface area contributed by atoms with E-state index in [4.69, 9.17) is 0 Å². The van der Waals surface area contributed by atoms with E-state index in [1.165, 1.54) is 16.7 Å². The van der Waals surface area contributed by atoms with E-state index in [1.807, 2.05) is 0 Å². The van der Waals surface area contributed by atoms with E-state index in [1.54, 1.807) is 0 Å². The molecule has 0 aliphatic rings. The Labute approximate surface area is 107 Å². The van der Waals surface area contributed by atoms with Gasteiger partial charge in [-0.15, -0.1) is 0 Å². The van der Waals surface area contributed by atoms with Crippen LogP contribution in [-0.4, -0.2) is 12.5 Å². The normalized spacial score (nSPS) is 12.7. The molecule has 0 amide bonds. The first-order valence-corrected chi connectivity index (χ1v) is 7.97. The Kier molecular flexibility index (Phi) is 3.90. The van der Waals surface area contributed by atoms with E-state index in [9.17, 15) is 0 Å². The van der Waals surface area contributed by atoms with Gasteiger partial charge >= 0.3 is 0 Å². The van der Waals surface area contributed by atoms with Crippen molar-refractivity contribution in [1.29, 1.82) is 0 Å². The van der Waals surface area contributed by atoms with Crippen molar-refractivity contribution in [3.05, 3.63) is 71.3 Å². The summed E-state index contributed by atoms with van der Waals surface area (Å²) < 4.78 is 0. The Balaban J connectivity index is 2.39. The van der Waals surface area contributed by atoms with Gasteiger partial charge in [-0.05, 0) is 17.8 Å². The third-order valence-electron chi connectivity index (χ3n) is 2.95. The summed E-state index contributed by atoms with van der Waals surface area (Å²) in [6, 6.07) is 19.7. The first-order valence-electron chi connectivity index (χ1n) is 5.86. The van der Waals surface area contributed by atoms with Crippen molar-refractivity contribution in [2.24, 2.45) is 0 Å². The number of hydrogen-bond acceptors (Lipinski definition) is 0. The first-order chi connectivity index (χ1) is 8.18. The monoisotopic (exact) mass is 243 g/mol. The Morgan fingerprint density at radius 1 is 0.765 bits per heavy atom. The maximum Gasteiger partial charge on any atom is 0.167 e. The maximum absolute atomic E-state index is 2.32. The molecule has 17 heavy (non-hydrogen) atoms. The minimum absolute atomic E-state index is 0.338. The average Bonchev–Trinajstić information content (AvgIpc) is 2.33. The molecule has 0 bridgehead atoms. The quantitative estimate of drug-likeness (QED) is 0.716. The van der Waals surface area contributed by atoms with Crippen LogP contribution in [0.3, 0.4) is 0 Å². The molecule has 2 rings (SSSR count). The summed E-state index contributed by atoms with van der Waals surface area (Å²) in [5.41, 5.74) is 4.17. The molecule has 0 spiro atoms. The van der Waals surface area contributed by atoms with Crippen molar-refractivity contribution >= 4 is 10.9 Å². The van der Waals surface area contributed by atoms with Crippen molar-refractivity contribution < 1.29 is 0 Å². The molecule has 0 fully saturated rings. The number of hydrogen-bond donors (Lipinski definition) is 0. The average molecular weight is 243 g/mol. The topological polar surface area (TPSA) is 0 Å². The molecule has 1 heteroatoms. The lowest BCUT2D eigenvalue weighted by Gasteiger charge is -2.15. The SMILES string of the molecule is Cc1ccc(C(c2ccccc2)[S+](C)C)cc1. The number of rotatable bonds is 3. The molecule has 1 unspecified atom stereocenters. The molecule has 2 aromatic carbocycles. The lowest BCUT2D eigenvalue weighted by Crippen LogP contribution is -2.12. The van der Waals surface area contributed by atoms with Crippen LogP contribution in [0.25, 0.3) is 0 Å². The largest absolute Gasteiger partial charge is 0.167 e. The summed E-state index contributed by atoms with van der Waals surface area (Å²) in [6.45, 7) is 2.14. The van der Waals surface area contributed by atoms with Gasteiger partial charge in [-0.3, -0.25) is 0 Å². The van der Waals surface area contributed by atoms with Crippen molar-refractivity contribution in [2.75, 3.05) is 12.5 Å². The summed E-state index contributed by atoms with van der Waals surface area (Å²) in [5.74, 6) is 0. The molecule has 88 valence electrons. The molecular formula is C16H19S+. The van der Waals surface area contributed by atoms with Gasteiger partial charge in [0.05, 0.1) is 12.5 Å². The smallest absolute Gasteiger partial charge is 0.0622 e. The first kappa shape index (κ1) is 12.3. The maximum atomic E-state index is 2.32. The molecule has 0 saturated heterocycles. The van der Waals surface area contributed by atoms with Gasteiger partial charge in [0.1, 0.15) is 0 Å². The highest BCUT2D eigenvalue weighted by atomic mass is 32.2. The summed E-state index contributed by atoms with van der Waals surface area (Å²) in [5, 5.41) is 0.525. The van der Waals surface area contributed by atoms with Crippen LogP contribution < -0.4 is 0 Å². The van der Waals surface area contributed by atoms with Crippen LogP contribution in [0.15, 0.2) is 54.6 Å². The van der Waals surface area contributed by atoms with E-state index < -0.39 is 0 Å². The molecular weight excluding hydrogens is 224 g/mol. The number of aryl methyl sites for hydroxylation is 1. The molecule has 0 aliphatic carbocycles. The van der Waals surface area contributed by atoms with Crippen molar-refractivity contribution in [3.63, 3.8) is 0 Å². The molecule has 0 nitrogen and oxygen atoms in total. The zero-order valence-electron chi connectivity index (χ0n) is 10.7. The standard InChI is InChI=1S/C16H19S/c1-13-9-11-15(12-10-13)16(17(2)3)14-7-5-4-6-8-14/h4-12,16H,1-3H3/q+1. The van der Waals surface area contributed by atoms with E-state index in [0.717, 1.165) is 0 Å². The highest BCUT2D eigenvalue weighted by Gasteiger charge is 2.25. The van der Waals surface area contributed by atoms with Crippen molar-refractivity contribution in [2.45, 2.75) is 12.2 Å². The van der Waals surface area contributed by atoms with Crippen LogP contribution in [0.2, 0.25) is 0 Å². The second-order valence-electron chi connectivity index (χ2n) is 4.58. The van der Waals surface area contributed by atoms with E-state index in [-0.39, 0.29) is 0 Å². The fraction of sp³-hybridized carbons (Fsp3) is 0.250. The summed E-state index contributed by atoms with van der Waals surface area (Å²) >= 11 is 0. The van der Waals surface area contributed by atoms with Crippen LogP contribution in [0.1, 0.15) is 21.9 Å². The summed E-state index contributed by atoms with van der Waals surface area (Å²) in [6.07, 6.45) is 4.63. The second kappa shape index (κ2) is 5.42.